The molecule has 0 bridgehead atoms. The molecule has 1 aromatic carbocycles. The van der Waals surface area contributed by atoms with E-state index < -0.39 is 0 Å². The number of rotatable bonds is 1. The lowest BCUT2D eigenvalue weighted by Gasteiger charge is -2.43. The minimum Gasteiger partial charge on any atom is -0.350 e. The van der Waals surface area contributed by atoms with E-state index in [0.29, 0.717) is 28.8 Å². The molecule has 0 spiro atoms. The summed E-state index contributed by atoms with van der Waals surface area (Å²) in [6.45, 7) is 6.50. The number of H-pyrrole nitrogens is 1. The molecule has 0 unspecified atom stereocenters. The van der Waals surface area contributed by atoms with Gasteiger partial charge in [0.2, 0.25) is 5.91 Å². The molecule has 0 saturated carbocycles. The van der Waals surface area contributed by atoms with Gasteiger partial charge in [0.25, 0.3) is 5.91 Å². The number of fused-ring (bicyclic) bond motifs is 1. The molecule has 1 aromatic heterocycles. The van der Waals surface area contributed by atoms with Crippen LogP contribution in [0, 0.1) is 0 Å². The van der Waals surface area contributed by atoms with Crippen molar-refractivity contribution < 1.29 is 9.59 Å². The van der Waals surface area contributed by atoms with Crippen LogP contribution in [0.5, 0.6) is 0 Å². The Labute approximate surface area is 150 Å². The second-order valence-corrected chi connectivity index (χ2v) is 7.12. The van der Waals surface area contributed by atoms with E-state index in [0.717, 1.165) is 10.9 Å². The highest BCUT2D eigenvalue weighted by Crippen LogP contribution is 2.31. The highest BCUT2D eigenvalue weighted by molar-refractivity contribution is 6.45. The fourth-order valence-electron chi connectivity index (χ4n) is 3.26. The van der Waals surface area contributed by atoms with Crippen molar-refractivity contribution in [2.75, 3.05) is 13.1 Å². The van der Waals surface area contributed by atoms with Crippen LogP contribution >= 0.6 is 23.2 Å². The van der Waals surface area contributed by atoms with Crippen LogP contribution in [0.4, 0.5) is 0 Å². The zero-order valence-corrected chi connectivity index (χ0v) is 15.3. The average molecular weight is 368 g/mol. The number of carbonyl (C=O) groups excluding carboxylic acids is 2. The molecular formula is C17H19Cl2N3O2. The van der Waals surface area contributed by atoms with Gasteiger partial charge in [-0.25, -0.2) is 0 Å². The highest BCUT2D eigenvalue weighted by atomic mass is 35.5. The van der Waals surface area contributed by atoms with E-state index in [1.807, 2.05) is 13.8 Å². The van der Waals surface area contributed by atoms with Crippen LogP contribution in [-0.2, 0) is 4.79 Å². The van der Waals surface area contributed by atoms with E-state index in [9.17, 15) is 9.59 Å². The maximum absolute atomic E-state index is 12.9. The first-order chi connectivity index (χ1) is 11.3. The Morgan fingerprint density at radius 3 is 2.42 bits per heavy atom. The van der Waals surface area contributed by atoms with Gasteiger partial charge in [-0.15, -0.1) is 0 Å². The number of nitrogens with one attached hydrogen (secondary N) is 1. The number of halogens is 2. The minimum absolute atomic E-state index is 0.00920. The molecule has 7 heteroatoms. The average Bonchev–Trinajstić information content (AvgIpc) is 2.97. The molecule has 1 saturated heterocycles. The van der Waals surface area contributed by atoms with Gasteiger partial charge in [0.15, 0.2) is 0 Å². The molecule has 0 aliphatic carbocycles. The normalized spacial score (nSPS) is 21.4. The van der Waals surface area contributed by atoms with Gasteiger partial charge in [0, 0.05) is 43.0 Å². The second-order valence-electron chi connectivity index (χ2n) is 6.33. The van der Waals surface area contributed by atoms with Gasteiger partial charge in [-0.1, -0.05) is 23.2 Å². The summed E-state index contributed by atoms with van der Waals surface area (Å²) < 4.78 is 0. The van der Waals surface area contributed by atoms with Gasteiger partial charge < -0.3 is 14.8 Å². The lowest BCUT2D eigenvalue weighted by Crippen LogP contribution is -2.59. The summed E-state index contributed by atoms with van der Waals surface area (Å²) in [4.78, 5) is 31.3. The van der Waals surface area contributed by atoms with Crippen molar-refractivity contribution in [3.63, 3.8) is 0 Å². The summed E-state index contributed by atoms with van der Waals surface area (Å²) in [5, 5.41) is 1.63. The van der Waals surface area contributed by atoms with Crippen molar-refractivity contribution in [3.05, 3.63) is 33.9 Å². The van der Waals surface area contributed by atoms with Crippen LogP contribution in [-0.4, -0.2) is 51.8 Å². The van der Waals surface area contributed by atoms with Crippen molar-refractivity contribution >= 4 is 45.9 Å². The van der Waals surface area contributed by atoms with Crippen LogP contribution in [0.2, 0.25) is 10.0 Å². The van der Waals surface area contributed by atoms with Crippen LogP contribution in [0.25, 0.3) is 10.9 Å². The largest absolute Gasteiger partial charge is 0.350 e. The standard InChI is InChI=1S/C17H19Cl2N3O2/c1-9-8-22(10(2)7-21(9)11(3)23)17(24)15-6-12-14(20-15)5-4-13(18)16(12)19/h4-6,9-10,20H,7-8H2,1-3H3/t9-,10+/m0/s1. The summed E-state index contributed by atoms with van der Waals surface area (Å²) in [6.07, 6.45) is 0. The van der Waals surface area contributed by atoms with Gasteiger partial charge in [-0.3, -0.25) is 9.59 Å². The zero-order chi connectivity index (χ0) is 17.6. The van der Waals surface area contributed by atoms with Crippen molar-refractivity contribution in [1.82, 2.24) is 14.8 Å². The molecule has 0 radical (unpaired) electrons. The molecular weight excluding hydrogens is 349 g/mol. The van der Waals surface area contributed by atoms with Crippen LogP contribution in [0.3, 0.4) is 0 Å². The molecule has 5 nitrogen and oxygen atoms in total. The highest BCUT2D eigenvalue weighted by Gasteiger charge is 2.34. The Kier molecular flexibility index (Phi) is 4.49. The molecule has 24 heavy (non-hydrogen) atoms. The van der Waals surface area contributed by atoms with E-state index in [-0.39, 0.29) is 23.9 Å². The van der Waals surface area contributed by atoms with Crippen molar-refractivity contribution in [2.45, 2.75) is 32.9 Å². The Morgan fingerprint density at radius 1 is 1.12 bits per heavy atom. The first-order valence-electron chi connectivity index (χ1n) is 7.84. The van der Waals surface area contributed by atoms with Crippen LogP contribution < -0.4 is 0 Å². The van der Waals surface area contributed by atoms with E-state index in [1.54, 1.807) is 34.9 Å². The number of nitrogens with zero attached hydrogens (tertiary/aromatic N) is 2. The topological polar surface area (TPSA) is 56.4 Å². The smallest absolute Gasteiger partial charge is 0.270 e. The lowest BCUT2D eigenvalue weighted by molar-refractivity contribution is -0.134. The van der Waals surface area contributed by atoms with E-state index in [1.165, 1.54) is 0 Å². The van der Waals surface area contributed by atoms with Gasteiger partial charge >= 0.3 is 0 Å². The minimum atomic E-state index is -0.0964. The quantitative estimate of drug-likeness (QED) is 0.837. The number of amides is 2. The first-order valence-corrected chi connectivity index (χ1v) is 8.60. The Morgan fingerprint density at radius 2 is 1.75 bits per heavy atom. The number of hydrogen-bond donors (Lipinski definition) is 1. The fourth-order valence-corrected chi connectivity index (χ4v) is 3.64. The van der Waals surface area contributed by atoms with Crippen LogP contribution in [0.1, 0.15) is 31.3 Å². The number of carbonyl (C=O) groups is 2. The van der Waals surface area contributed by atoms with E-state index in [4.69, 9.17) is 23.2 Å². The van der Waals surface area contributed by atoms with Gasteiger partial charge in [-0.2, -0.15) is 0 Å². The molecule has 2 amide bonds. The number of benzene rings is 1. The summed E-state index contributed by atoms with van der Waals surface area (Å²) >= 11 is 12.2. The first kappa shape index (κ1) is 17.1. The predicted molar refractivity (Wildman–Crippen MR) is 95.7 cm³/mol. The zero-order valence-electron chi connectivity index (χ0n) is 13.8. The Balaban J connectivity index is 1.89. The molecule has 1 aliphatic rings. The summed E-state index contributed by atoms with van der Waals surface area (Å²) in [7, 11) is 0. The Bertz CT molecular complexity index is 818. The maximum Gasteiger partial charge on any atom is 0.270 e. The van der Waals surface area contributed by atoms with Gasteiger partial charge in [0.1, 0.15) is 5.69 Å². The van der Waals surface area contributed by atoms with Crippen molar-refractivity contribution in [3.8, 4) is 0 Å². The number of hydrogen-bond acceptors (Lipinski definition) is 2. The second kappa shape index (κ2) is 6.30. The third-order valence-corrected chi connectivity index (χ3v) is 5.39. The fraction of sp³-hybridized carbons (Fsp3) is 0.412. The number of aromatic nitrogens is 1. The summed E-state index contributed by atoms with van der Waals surface area (Å²) in [6, 6.07) is 5.18. The molecule has 2 heterocycles. The monoisotopic (exact) mass is 367 g/mol. The molecule has 1 fully saturated rings. The third kappa shape index (κ3) is 2.87. The van der Waals surface area contributed by atoms with E-state index >= 15 is 0 Å². The summed E-state index contributed by atoms with van der Waals surface area (Å²) in [5.41, 5.74) is 1.25. The number of aromatic amines is 1. The molecule has 2 aromatic rings. The van der Waals surface area contributed by atoms with Gasteiger partial charge in [0.05, 0.1) is 10.0 Å². The lowest BCUT2D eigenvalue weighted by atomic mass is 10.1. The van der Waals surface area contributed by atoms with Crippen LogP contribution in [0.15, 0.2) is 18.2 Å². The van der Waals surface area contributed by atoms with E-state index in [2.05, 4.69) is 4.98 Å². The van der Waals surface area contributed by atoms with Crippen molar-refractivity contribution in [2.24, 2.45) is 0 Å². The predicted octanol–water partition coefficient (Wildman–Crippen LogP) is 3.56. The van der Waals surface area contributed by atoms with Crippen molar-refractivity contribution in [1.29, 1.82) is 0 Å². The molecule has 1 aliphatic heterocycles. The summed E-state index contributed by atoms with van der Waals surface area (Å²) in [5.74, 6) is -0.0607. The van der Waals surface area contributed by atoms with Gasteiger partial charge in [-0.05, 0) is 32.0 Å². The number of piperazine rings is 1. The Hall–Kier alpha value is -1.72. The third-order valence-electron chi connectivity index (χ3n) is 4.57. The molecule has 3 rings (SSSR count). The molecule has 2 atom stereocenters. The molecule has 1 N–H and O–H groups in total. The SMILES string of the molecule is CC(=O)N1C[C@@H](C)N(C(=O)c2cc3c(Cl)c(Cl)ccc3[nH]2)C[C@@H]1C. The maximum atomic E-state index is 12.9. The molecule has 128 valence electrons.